The SMILES string of the molecule is CCn1nc(C(=O)NCCN(C)C)c(=O)c2cc(F)ccc21. The standard InChI is InChI=1S/C15H19FN4O2/c1-4-20-12-6-5-10(16)9-11(12)14(21)13(18-20)15(22)17-7-8-19(2)3/h5-6,9H,4,7-8H2,1-3H3,(H,17,22). The van der Waals surface area contributed by atoms with E-state index in [2.05, 4.69) is 10.4 Å². The van der Waals surface area contributed by atoms with Gasteiger partial charge in [-0.2, -0.15) is 5.10 Å². The molecule has 6 nitrogen and oxygen atoms in total. The van der Waals surface area contributed by atoms with Gasteiger partial charge in [0.2, 0.25) is 5.43 Å². The van der Waals surface area contributed by atoms with Crippen LogP contribution in [0.15, 0.2) is 23.0 Å². The molecule has 0 aliphatic heterocycles. The van der Waals surface area contributed by atoms with E-state index < -0.39 is 17.2 Å². The number of aromatic nitrogens is 2. The first-order valence-corrected chi connectivity index (χ1v) is 7.07. The maximum absolute atomic E-state index is 13.4. The number of aryl methyl sites for hydroxylation is 1. The van der Waals surface area contributed by atoms with Crippen LogP contribution in [0.2, 0.25) is 0 Å². The van der Waals surface area contributed by atoms with E-state index in [4.69, 9.17) is 0 Å². The summed E-state index contributed by atoms with van der Waals surface area (Å²) < 4.78 is 14.9. The zero-order valence-corrected chi connectivity index (χ0v) is 12.9. The normalized spacial score (nSPS) is 11.1. The highest BCUT2D eigenvalue weighted by Gasteiger charge is 2.17. The van der Waals surface area contributed by atoms with Crippen molar-refractivity contribution in [1.82, 2.24) is 20.0 Å². The van der Waals surface area contributed by atoms with Crippen LogP contribution < -0.4 is 10.7 Å². The minimum Gasteiger partial charge on any atom is -0.349 e. The fourth-order valence-electron chi connectivity index (χ4n) is 2.13. The first-order chi connectivity index (χ1) is 10.4. The van der Waals surface area contributed by atoms with Gasteiger partial charge in [0.25, 0.3) is 5.91 Å². The molecule has 0 saturated carbocycles. The molecular formula is C15H19FN4O2. The van der Waals surface area contributed by atoms with E-state index in [9.17, 15) is 14.0 Å². The van der Waals surface area contributed by atoms with Gasteiger partial charge in [0.05, 0.1) is 10.9 Å². The number of halogens is 1. The molecule has 0 aliphatic carbocycles. The summed E-state index contributed by atoms with van der Waals surface area (Å²) in [4.78, 5) is 26.4. The lowest BCUT2D eigenvalue weighted by atomic mass is 10.2. The van der Waals surface area contributed by atoms with Crippen LogP contribution >= 0.6 is 0 Å². The van der Waals surface area contributed by atoms with Crippen molar-refractivity contribution >= 4 is 16.8 Å². The highest BCUT2D eigenvalue weighted by molar-refractivity contribution is 5.95. The number of nitrogens with zero attached hydrogens (tertiary/aromatic N) is 3. The summed E-state index contributed by atoms with van der Waals surface area (Å²) in [7, 11) is 3.76. The molecule has 0 aliphatic rings. The first-order valence-electron chi connectivity index (χ1n) is 7.07. The number of likely N-dealkylation sites (N-methyl/N-ethyl adjacent to an activating group) is 1. The summed E-state index contributed by atoms with van der Waals surface area (Å²) in [6.45, 7) is 3.37. The Morgan fingerprint density at radius 2 is 2.14 bits per heavy atom. The van der Waals surface area contributed by atoms with Crippen LogP contribution in [0.4, 0.5) is 4.39 Å². The van der Waals surface area contributed by atoms with E-state index in [1.54, 1.807) is 0 Å². The van der Waals surface area contributed by atoms with Gasteiger partial charge in [-0.3, -0.25) is 14.3 Å². The van der Waals surface area contributed by atoms with Gasteiger partial charge in [0.15, 0.2) is 5.69 Å². The van der Waals surface area contributed by atoms with E-state index in [1.807, 2.05) is 25.9 Å². The molecular weight excluding hydrogens is 287 g/mol. The van der Waals surface area contributed by atoms with Gasteiger partial charge in [-0.1, -0.05) is 0 Å². The van der Waals surface area contributed by atoms with Crippen molar-refractivity contribution in [3.8, 4) is 0 Å². The fraction of sp³-hybridized carbons (Fsp3) is 0.400. The molecule has 0 bridgehead atoms. The first kappa shape index (κ1) is 16.1. The molecule has 2 rings (SSSR count). The zero-order chi connectivity index (χ0) is 16.3. The Kier molecular flexibility index (Phi) is 4.87. The third-order valence-corrected chi connectivity index (χ3v) is 3.28. The summed E-state index contributed by atoms with van der Waals surface area (Å²) in [6, 6.07) is 3.91. The number of benzene rings is 1. The third kappa shape index (κ3) is 3.30. The fourth-order valence-corrected chi connectivity index (χ4v) is 2.13. The number of amides is 1. The molecule has 0 spiro atoms. The Morgan fingerprint density at radius 3 is 2.77 bits per heavy atom. The monoisotopic (exact) mass is 306 g/mol. The van der Waals surface area contributed by atoms with Gasteiger partial charge >= 0.3 is 0 Å². The van der Waals surface area contributed by atoms with Gasteiger partial charge in [-0.25, -0.2) is 4.39 Å². The summed E-state index contributed by atoms with van der Waals surface area (Å²) in [5, 5.41) is 6.92. The van der Waals surface area contributed by atoms with Gasteiger partial charge in [0.1, 0.15) is 5.82 Å². The van der Waals surface area contributed by atoms with Crippen LogP contribution in [-0.4, -0.2) is 47.8 Å². The number of rotatable bonds is 5. The highest BCUT2D eigenvalue weighted by Crippen LogP contribution is 2.12. The van der Waals surface area contributed by atoms with Gasteiger partial charge in [-0.15, -0.1) is 0 Å². The van der Waals surface area contributed by atoms with Crippen LogP contribution in [0.25, 0.3) is 10.9 Å². The van der Waals surface area contributed by atoms with E-state index in [1.165, 1.54) is 16.8 Å². The predicted molar refractivity (Wildman–Crippen MR) is 82.5 cm³/mol. The lowest BCUT2D eigenvalue weighted by molar-refractivity contribution is 0.0943. The number of nitrogens with one attached hydrogen (secondary N) is 1. The quantitative estimate of drug-likeness (QED) is 0.889. The van der Waals surface area contributed by atoms with E-state index in [0.29, 0.717) is 25.2 Å². The topological polar surface area (TPSA) is 67.2 Å². The minimum absolute atomic E-state index is 0.162. The van der Waals surface area contributed by atoms with Crippen molar-refractivity contribution in [2.24, 2.45) is 0 Å². The maximum atomic E-state index is 13.4. The molecule has 2 aromatic rings. The molecule has 1 amide bonds. The van der Waals surface area contributed by atoms with Crippen molar-refractivity contribution in [3.63, 3.8) is 0 Å². The summed E-state index contributed by atoms with van der Waals surface area (Å²) in [5.74, 6) is -1.06. The molecule has 0 unspecified atom stereocenters. The van der Waals surface area contributed by atoms with Gasteiger partial charge < -0.3 is 10.2 Å². The summed E-state index contributed by atoms with van der Waals surface area (Å²) in [6.07, 6.45) is 0. The molecule has 1 aromatic carbocycles. The van der Waals surface area contributed by atoms with Crippen molar-refractivity contribution in [3.05, 3.63) is 39.9 Å². The number of hydrogen-bond donors (Lipinski definition) is 1. The largest absolute Gasteiger partial charge is 0.349 e. The number of hydrogen-bond acceptors (Lipinski definition) is 4. The maximum Gasteiger partial charge on any atom is 0.275 e. The molecule has 1 heterocycles. The molecule has 0 saturated heterocycles. The lowest BCUT2D eigenvalue weighted by Crippen LogP contribution is -2.35. The van der Waals surface area contributed by atoms with Crippen LogP contribution in [0.1, 0.15) is 17.4 Å². The average molecular weight is 306 g/mol. The average Bonchev–Trinajstić information content (AvgIpc) is 2.47. The third-order valence-electron chi connectivity index (χ3n) is 3.28. The molecule has 1 aromatic heterocycles. The molecule has 7 heteroatoms. The number of fused-ring (bicyclic) bond motifs is 1. The Morgan fingerprint density at radius 1 is 1.41 bits per heavy atom. The van der Waals surface area contributed by atoms with Crippen molar-refractivity contribution in [1.29, 1.82) is 0 Å². The smallest absolute Gasteiger partial charge is 0.275 e. The predicted octanol–water partition coefficient (Wildman–Crippen LogP) is 0.847. The zero-order valence-electron chi connectivity index (χ0n) is 12.9. The van der Waals surface area contributed by atoms with Crippen molar-refractivity contribution < 1.29 is 9.18 Å². The second-order valence-electron chi connectivity index (χ2n) is 5.21. The Labute approximate surface area is 127 Å². The molecule has 0 fully saturated rings. The van der Waals surface area contributed by atoms with Crippen LogP contribution in [0.3, 0.4) is 0 Å². The van der Waals surface area contributed by atoms with Crippen LogP contribution in [-0.2, 0) is 6.54 Å². The van der Waals surface area contributed by atoms with Crippen LogP contribution in [0.5, 0.6) is 0 Å². The second-order valence-corrected chi connectivity index (χ2v) is 5.21. The number of carbonyl (C=O) groups excluding carboxylic acids is 1. The van der Waals surface area contributed by atoms with Gasteiger partial charge in [-0.05, 0) is 39.2 Å². The molecule has 1 N–H and O–H groups in total. The number of carbonyl (C=O) groups is 1. The van der Waals surface area contributed by atoms with E-state index >= 15 is 0 Å². The second kappa shape index (κ2) is 6.65. The lowest BCUT2D eigenvalue weighted by Gasteiger charge is -2.12. The Balaban J connectivity index is 2.43. The van der Waals surface area contributed by atoms with E-state index in [-0.39, 0.29) is 11.1 Å². The highest BCUT2D eigenvalue weighted by atomic mass is 19.1. The van der Waals surface area contributed by atoms with Gasteiger partial charge in [0, 0.05) is 19.6 Å². The van der Waals surface area contributed by atoms with Crippen molar-refractivity contribution in [2.75, 3.05) is 27.2 Å². The Bertz CT molecular complexity index is 755. The summed E-state index contributed by atoms with van der Waals surface area (Å²) in [5.41, 5.74) is -0.251. The summed E-state index contributed by atoms with van der Waals surface area (Å²) >= 11 is 0. The molecule has 0 atom stereocenters. The molecule has 0 radical (unpaired) electrons. The molecule has 118 valence electrons. The molecule has 22 heavy (non-hydrogen) atoms. The van der Waals surface area contributed by atoms with Crippen LogP contribution in [0, 0.1) is 5.82 Å². The van der Waals surface area contributed by atoms with E-state index in [0.717, 1.165) is 6.07 Å². The van der Waals surface area contributed by atoms with Crippen molar-refractivity contribution in [2.45, 2.75) is 13.5 Å². The minimum atomic E-state index is -0.554. The Hall–Kier alpha value is -2.28.